The molecule has 1 aliphatic rings. The van der Waals surface area contributed by atoms with Gasteiger partial charge in [0.25, 0.3) is 5.91 Å². The third-order valence-corrected chi connectivity index (χ3v) is 6.11. The Hall–Kier alpha value is -2.80. The van der Waals surface area contributed by atoms with Gasteiger partial charge in [0.1, 0.15) is 0 Å². The number of halogens is 2. The van der Waals surface area contributed by atoms with E-state index in [1.165, 1.54) is 17.7 Å². The molecule has 1 aliphatic carbocycles. The van der Waals surface area contributed by atoms with Gasteiger partial charge in [-0.05, 0) is 59.1 Å². The minimum Gasteiger partial charge on any atom is -0.322 e. The van der Waals surface area contributed by atoms with Crippen molar-refractivity contribution < 1.29 is 23.6 Å². The van der Waals surface area contributed by atoms with E-state index in [-0.39, 0.29) is 11.3 Å². The number of carbonyl (C=O) groups excluding carboxylic acids is 2. The second-order valence-electron chi connectivity index (χ2n) is 8.70. The molecule has 0 bridgehead atoms. The van der Waals surface area contributed by atoms with Gasteiger partial charge < -0.3 is 5.32 Å². The molecule has 0 heterocycles. The first-order chi connectivity index (χ1) is 14.0. The molecule has 7 heteroatoms. The molecule has 3 rings (SSSR count). The highest BCUT2D eigenvalue weighted by atomic mass is 19.3. The highest BCUT2D eigenvalue weighted by Gasteiger charge is 2.41. The summed E-state index contributed by atoms with van der Waals surface area (Å²) in [7, 11) is 0. The van der Waals surface area contributed by atoms with Gasteiger partial charge in [0.05, 0.1) is 0 Å². The number of benzene rings is 2. The summed E-state index contributed by atoms with van der Waals surface area (Å²) in [6.45, 7) is 8.80. The SMILES string of the molecule is CC1CC(C)(C)c2cc(C(=O)Nc3ccc(C(F)(F)C(=O)NO)cc3)ccc2C1C. The summed E-state index contributed by atoms with van der Waals surface area (Å²) in [5.74, 6) is -5.07. The molecule has 2 atom stereocenters. The Morgan fingerprint density at radius 1 is 1.10 bits per heavy atom. The summed E-state index contributed by atoms with van der Waals surface area (Å²) in [4.78, 5) is 23.9. The molecule has 0 aliphatic heterocycles. The summed E-state index contributed by atoms with van der Waals surface area (Å²) >= 11 is 0. The molecule has 2 aromatic carbocycles. The quantitative estimate of drug-likeness (QED) is 0.487. The summed E-state index contributed by atoms with van der Waals surface area (Å²) in [6, 6.07) is 10.3. The van der Waals surface area contributed by atoms with E-state index >= 15 is 0 Å². The fourth-order valence-corrected chi connectivity index (χ4v) is 4.25. The molecule has 0 radical (unpaired) electrons. The lowest BCUT2D eigenvalue weighted by molar-refractivity contribution is -0.156. The highest BCUT2D eigenvalue weighted by molar-refractivity contribution is 6.04. The van der Waals surface area contributed by atoms with Crippen LogP contribution < -0.4 is 10.8 Å². The predicted molar refractivity (Wildman–Crippen MR) is 110 cm³/mol. The normalized spacial score (nSPS) is 20.2. The van der Waals surface area contributed by atoms with Crippen LogP contribution in [0.3, 0.4) is 0 Å². The van der Waals surface area contributed by atoms with Crippen molar-refractivity contribution in [2.24, 2.45) is 5.92 Å². The molecule has 160 valence electrons. The second kappa shape index (κ2) is 7.80. The topological polar surface area (TPSA) is 78.4 Å². The van der Waals surface area contributed by atoms with Crippen LogP contribution in [-0.4, -0.2) is 17.0 Å². The van der Waals surface area contributed by atoms with Crippen LogP contribution in [-0.2, 0) is 16.1 Å². The summed E-state index contributed by atoms with van der Waals surface area (Å²) in [5.41, 5.74) is 3.55. The molecule has 0 spiro atoms. The van der Waals surface area contributed by atoms with Crippen LogP contribution in [0.4, 0.5) is 14.5 Å². The smallest absolute Gasteiger partial charge is 0.322 e. The Bertz CT molecular complexity index is 971. The fraction of sp³-hybridized carbons (Fsp3) is 0.391. The molecule has 2 aromatic rings. The zero-order chi connectivity index (χ0) is 22.3. The number of anilines is 1. The summed E-state index contributed by atoms with van der Waals surface area (Å²) in [6.07, 6.45) is 1.03. The minimum atomic E-state index is -3.88. The Labute approximate surface area is 174 Å². The van der Waals surface area contributed by atoms with Crippen molar-refractivity contribution in [2.45, 2.75) is 51.4 Å². The number of hydroxylamine groups is 1. The van der Waals surface area contributed by atoms with Crippen LogP contribution in [0.25, 0.3) is 0 Å². The van der Waals surface area contributed by atoms with Crippen LogP contribution in [0.1, 0.15) is 67.1 Å². The van der Waals surface area contributed by atoms with Crippen molar-refractivity contribution in [3.05, 3.63) is 64.7 Å². The first kappa shape index (κ1) is 21.9. The fourth-order valence-electron chi connectivity index (χ4n) is 4.25. The van der Waals surface area contributed by atoms with Crippen LogP contribution >= 0.6 is 0 Å². The summed E-state index contributed by atoms with van der Waals surface area (Å²) < 4.78 is 27.7. The van der Waals surface area contributed by atoms with Crippen molar-refractivity contribution in [3.63, 3.8) is 0 Å². The maximum absolute atomic E-state index is 13.8. The number of rotatable bonds is 4. The number of alkyl halides is 2. The maximum Gasteiger partial charge on any atom is 0.351 e. The monoisotopic (exact) mass is 416 g/mol. The number of nitrogens with one attached hydrogen (secondary N) is 2. The van der Waals surface area contributed by atoms with Crippen LogP contribution in [0.5, 0.6) is 0 Å². The van der Waals surface area contributed by atoms with E-state index in [1.54, 1.807) is 6.07 Å². The van der Waals surface area contributed by atoms with Crippen molar-refractivity contribution in [1.29, 1.82) is 0 Å². The van der Waals surface area contributed by atoms with Crippen LogP contribution in [0.15, 0.2) is 42.5 Å². The van der Waals surface area contributed by atoms with Crippen molar-refractivity contribution in [3.8, 4) is 0 Å². The van der Waals surface area contributed by atoms with E-state index in [4.69, 9.17) is 5.21 Å². The number of amides is 2. The molecule has 0 saturated carbocycles. The molecule has 0 aromatic heterocycles. The van der Waals surface area contributed by atoms with Gasteiger partial charge in [0.15, 0.2) is 0 Å². The number of hydrogen-bond acceptors (Lipinski definition) is 3. The summed E-state index contributed by atoms with van der Waals surface area (Å²) in [5, 5.41) is 11.1. The third-order valence-electron chi connectivity index (χ3n) is 6.11. The van der Waals surface area contributed by atoms with Crippen molar-refractivity contribution in [1.82, 2.24) is 5.48 Å². The van der Waals surface area contributed by atoms with Gasteiger partial charge in [-0.25, -0.2) is 5.48 Å². The third kappa shape index (κ3) is 3.94. The predicted octanol–water partition coefficient (Wildman–Crippen LogP) is 4.96. The first-order valence-corrected chi connectivity index (χ1v) is 9.86. The number of hydrogen-bond donors (Lipinski definition) is 3. The van der Waals surface area contributed by atoms with E-state index in [2.05, 4.69) is 33.0 Å². The van der Waals surface area contributed by atoms with Gasteiger partial charge in [-0.2, -0.15) is 8.78 Å². The van der Waals surface area contributed by atoms with Gasteiger partial charge in [0.2, 0.25) is 0 Å². The lowest BCUT2D eigenvalue weighted by Gasteiger charge is -2.40. The molecule has 2 amide bonds. The molecule has 0 saturated heterocycles. The zero-order valence-corrected chi connectivity index (χ0v) is 17.4. The zero-order valence-electron chi connectivity index (χ0n) is 17.4. The van der Waals surface area contributed by atoms with Gasteiger partial charge in [0, 0.05) is 16.8 Å². The Balaban J connectivity index is 1.81. The molecule has 3 N–H and O–H groups in total. The van der Waals surface area contributed by atoms with Crippen LogP contribution in [0, 0.1) is 5.92 Å². The minimum absolute atomic E-state index is 0.0436. The molecule has 2 unspecified atom stereocenters. The van der Waals surface area contributed by atoms with Gasteiger partial charge >= 0.3 is 11.8 Å². The van der Waals surface area contributed by atoms with Crippen molar-refractivity contribution >= 4 is 17.5 Å². The molecular formula is C23H26F2N2O3. The standard InChI is InChI=1S/C23H26F2N2O3/c1-13-12-22(3,4)19-11-15(5-10-18(19)14(13)2)20(28)26-17-8-6-16(7-9-17)23(24,25)21(29)27-30/h5-11,13-14,30H,12H2,1-4H3,(H,26,28)(H,27,29). The van der Waals surface area contributed by atoms with Crippen LogP contribution in [0.2, 0.25) is 0 Å². The lowest BCUT2D eigenvalue weighted by Crippen LogP contribution is -2.36. The molecule has 30 heavy (non-hydrogen) atoms. The highest BCUT2D eigenvalue weighted by Crippen LogP contribution is 2.45. The second-order valence-corrected chi connectivity index (χ2v) is 8.70. The largest absolute Gasteiger partial charge is 0.351 e. The van der Waals surface area contributed by atoms with Gasteiger partial charge in [-0.15, -0.1) is 0 Å². The average Bonchev–Trinajstić information content (AvgIpc) is 2.71. The Morgan fingerprint density at radius 3 is 2.33 bits per heavy atom. The number of carbonyl (C=O) groups is 2. The Kier molecular flexibility index (Phi) is 5.69. The van der Waals surface area contributed by atoms with E-state index in [1.807, 2.05) is 12.1 Å². The lowest BCUT2D eigenvalue weighted by atomic mass is 9.64. The van der Waals surface area contributed by atoms with Gasteiger partial charge in [-0.1, -0.05) is 45.9 Å². The average molecular weight is 416 g/mol. The molecular weight excluding hydrogens is 390 g/mol. The van der Waals surface area contributed by atoms with E-state index in [9.17, 15) is 18.4 Å². The van der Waals surface area contributed by atoms with Crippen molar-refractivity contribution in [2.75, 3.05) is 5.32 Å². The van der Waals surface area contributed by atoms with Gasteiger partial charge in [-0.3, -0.25) is 14.8 Å². The first-order valence-electron chi connectivity index (χ1n) is 9.86. The van der Waals surface area contributed by atoms with E-state index < -0.39 is 17.4 Å². The van der Waals surface area contributed by atoms with E-state index in [0.717, 1.165) is 29.6 Å². The van der Waals surface area contributed by atoms with E-state index in [0.29, 0.717) is 23.1 Å². The maximum atomic E-state index is 13.8. The molecule has 0 fully saturated rings. The molecule has 5 nitrogen and oxygen atoms in total. The number of fused-ring (bicyclic) bond motifs is 1. The Morgan fingerprint density at radius 2 is 1.73 bits per heavy atom.